The maximum atomic E-state index is 11.9. The maximum absolute atomic E-state index is 11.9. The van der Waals surface area contributed by atoms with Crippen molar-refractivity contribution >= 4 is 11.6 Å². The molecule has 0 bridgehead atoms. The van der Waals surface area contributed by atoms with Crippen LogP contribution in [-0.4, -0.2) is 20.8 Å². The number of nitro benzene ring substituents is 1. The largest absolute Gasteiger partial charge is 0.349 e. The fourth-order valence-corrected chi connectivity index (χ4v) is 3.09. The van der Waals surface area contributed by atoms with Gasteiger partial charge in [0.2, 0.25) is 5.91 Å². The first kappa shape index (κ1) is 16.2. The van der Waals surface area contributed by atoms with Crippen molar-refractivity contribution in [2.75, 3.05) is 0 Å². The maximum Gasteiger partial charge on any atom is 0.269 e. The van der Waals surface area contributed by atoms with E-state index in [4.69, 9.17) is 0 Å². The Hall–Kier alpha value is -2.70. The van der Waals surface area contributed by atoms with E-state index in [1.807, 2.05) is 0 Å². The number of carbonyl (C=O) groups excluding carboxylic acids is 1. The molecular weight excluding hydrogens is 308 g/mol. The summed E-state index contributed by atoms with van der Waals surface area (Å²) in [6.07, 6.45) is 7.09. The summed E-state index contributed by atoms with van der Waals surface area (Å²) in [5.74, 6) is 1.26. The van der Waals surface area contributed by atoms with Crippen LogP contribution in [0.15, 0.2) is 30.5 Å². The molecular formula is C17H20N4O3. The van der Waals surface area contributed by atoms with Gasteiger partial charge in [-0.15, -0.1) is 0 Å². The number of hydrogen-bond acceptors (Lipinski definition) is 4. The third kappa shape index (κ3) is 3.98. The van der Waals surface area contributed by atoms with Crippen molar-refractivity contribution in [1.82, 2.24) is 15.3 Å². The number of non-ortho nitro benzene ring substituents is 1. The van der Waals surface area contributed by atoms with Gasteiger partial charge in [-0.25, -0.2) is 4.98 Å². The molecule has 0 aliphatic heterocycles. The van der Waals surface area contributed by atoms with Gasteiger partial charge in [-0.2, -0.15) is 0 Å². The summed E-state index contributed by atoms with van der Waals surface area (Å²) in [6.45, 7) is 0.360. The lowest BCUT2D eigenvalue weighted by molar-refractivity contribution is -0.384. The van der Waals surface area contributed by atoms with Gasteiger partial charge < -0.3 is 10.3 Å². The number of H-pyrrole nitrogens is 1. The molecule has 7 heteroatoms. The monoisotopic (exact) mass is 328 g/mol. The number of nitro groups is 1. The number of amides is 1. The molecule has 0 saturated heterocycles. The van der Waals surface area contributed by atoms with E-state index in [2.05, 4.69) is 15.3 Å². The van der Waals surface area contributed by atoms with Gasteiger partial charge in [0.25, 0.3) is 5.69 Å². The van der Waals surface area contributed by atoms with Crippen LogP contribution in [0, 0.1) is 16.0 Å². The van der Waals surface area contributed by atoms with Crippen LogP contribution in [0.2, 0.25) is 0 Å². The standard InChI is InChI=1S/C17H20N4O3/c22-17(9-12-3-1-2-4-12)19-11-16-18-10-15(20-16)13-5-7-14(8-6-13)21(23)24/h5-8,10,12H,1-4,9,11H2,(H,18,20)(H,19,22). The van der Waals surface area contributed by atoms with Gasteiger partial charge >= 0.3 is 0 Å². The molecule has 126 valence electrons. The highest BCUT2D eigenvalue weighted by molar-refractivity contribution is 5.76. The van der Waals surface area contributed by atoms with Crippen molar-refractivity contribution in [2.45, 2.75) is 38.6 Å². The van der Waals surface area contributed by atoms with Gasteiger partial charge in [0.15, 0.2) is 0 Å². The number of nitrogens with one attached hydrogen (secondary N) is 2. The summed E-state index contributed by atoms with van der Waals surface area (Å²) < 4.78 is 0. The number of imidazole rings is 1. The molecule has 1 aromatic carbocycles. The normalized spacial score (nSPS) is 14.7. The zero-order valence-corrected chi connectivity index (χ0v) is 13.3. The number of aromatic nitrogens is 2. The van der Waals surface area contributed by atoms with Gasteiger partial charge in [-0.05, 0) is 30.9 Å². The lowest BCUT2D eigenvalue weighted by Gasteiger charge is -2.08. The van der Waals surface area contributed by atoms with Gasteiger partial charge in [0.1, 0.15) is 5.82 Å². The molecule has 1 heterocycles. The Kier molecular flexibility index (Phi) is 4.88. The van der Waals surface area contributed by atoms with E-state index >= 15 is 0 Å². The zero-order chi connectivity index (χ0) is 16.9. The van der Waals surface area contributed by atoms with Crippen LogP contribution in [-0.2, 0) is 11.3 Å². The molecule has 1 saturated carbocycles. The third-order valence-electron chi connectivity index (χ3n) is 4.41. The third-order valence-corrected chi connectivity index (χ3v) is 4.41. The SMILES string of the molecule is O=C(CC1CCCC1)NCc1nc(-c2ccc([N+](=O)[O-])cc2)c[nH]1. The highest BCUT2D eigenvalue weighted by Gasteiger charge is 2.18. The second-order valence-electron chi connectivity index (χ2n) is 6.17. The summed E-state index contributed by atoms with van der Waals surface area (Å²) in [5.41, 5.74) is 1.54. The molecule has 3 rings (SSSR count). The summed E-state index contributed by atoms with van der Waals surface area (Å²) in [5, 5.41) is 13.6. The van der Waals surface area contributed by atoms with Crippen LogP contribution in [0.3, 0.4) is 0 Å². The number of benzene rings is 1. The van der Waals surface area contributed by atoms with Crippen LogP contribution in [0.4, 0.5) is 5.69 Å². The Balaban J connectivity index is 1.55. The number of hydrogen-bond donors (Lipinski definition) is 2. The summed E-state index contributed by atoms with van der Waals surface area (Å²) in [7, 11) is 0. The molecule has 0 unspecified atom stereocenters. The van der Waals surface area contributed by atoms with E-state index in [1.165, 1.54) is 25.0 Å². The second-order valence-corrected chi connectivity index (χ2v) is 6.17. The van der Waals surface area contributed by atoms with Crippen LogP contribution in [0.1, 0.15) is 37.9 Å². The molecule has 1 aliphatic rings. The molecule has 24 heavy (non-hydrogen) atoms. The second kappa shape index (κ2) is 7.25. The molecule has 1 amide bonds. The topological polar surface area (TPSA) is 101 Å². The molecule has 0 radical (unpaired) electrons. The Morgan fingerprint density at radius 3 is 2.67 bits per heavy atom. The van der Waals surface area contributed by atoms with Crippen molar-refractivity contribution in [3.63, 3.8) is 0 Å². The van der Waals surface area contributed by atoms with Crippen molar-refractivity contribution in [3.8, 4) is 11.3 Å². The summed E-state index contributed by atoms with van der Waals surface area (Å²) >= 11 is 0. The van der Waals surface area contributed by atoms with Gasteiger partial charge in [-0.1, -0.05) is 12.8 Å². The molecule has 2 N–H and O–H groups in total. The number of nitrogens with zero attached hydrogens (tertiary/aromatic N) is 2. The van der Waals surface area contributed by atoms with Gasteiger partial charge in [0, 0.05) is 30.3 Å². The number of aromatic amines is 1. The minimum Gasteiger partial charge on any atom is -0.349 e. The van der Waals surface area contributed by atoms with Crippen molar-refractivity contribution in [2.24, 2.45) is 5.92 Å². The molecule has 0 atom stereocenters. The Bertz CT molecular complexity index is 718. The highest BCUT2D eigenvalue weighted by Crippen LogP contribution is 2.27. The molecule has 7 nitrogen and oxygen atoms in total. The van der Waals surface area contributed by atoms with E-state index in [1.54, 1.807) is 18.3 Å². The minimum absolute atomic E-state index is 0.0497. The first-order valence-electron chi connectivity index (χ1n) is 8.17. The Morgan fingerprint density at radius 1 is 1.29 bits per heavy atom. The quantitative estimate of drug-likeness (QED) is 0.628. The predicted molar refractivity (Wildman–Crippen MR) is 89.1 cm³/mol. The predicted octanol–water partition coefficient (Wildman–Crippen LogP) is 3.18. The lowest BCUT2D eigenvalue weighted by Crippen LogP contribution is -2.25. The average Bonchev–Trinajstić information content (AvgIpc) is 3.24. The summed E-state index contributed by atoms with van der Waals surface area (Å²) in [6, 6.07) is 6.23. The van der Waals surface area contributed by atoms with Crippen molar-refractivity contribution in [1.29, 1.82) is 0 Å². The highest BCUT2D eigenvalue weighted by atomic mass is 16.6. The fraction of sp³-hybridized carbons (Fsp3) is 0.412. The molecule has 2 aromatic rings. The smallest absolute Gasteiger partial charge is 0.269 e. The fourth-order valence-electron chi connectivity index (χ4n) is 3.09. The van der Waals surface area contributed by atoms with E-state index in [-0.39, 0.29) is 11.6 Å². The van der Waals surface area contributed by atoms with E-state index in [0.29, 0.717) is 30.4 Å². The first-order chi connectivity index (χ1) is 11.6. The minimum atomic E-state index is -0.431. The number of carbonyl (C=O) groups is 1. The Labute approximate surface area is 139 Å². The molecule has 0 spiro atoms. The first-order valence-corrected chi connectivity index (χ1v) is 8.17. The van der Waals surface area contributed by atoms with E-state index in [0.717, 1.165) is 18.4 Å². The summed E-state index contributed by atoms with van der Waals surface area (Å²) in [4.78, 5) is 29.6. The molecule has 1 aliphatic carbocycles. The van der Waals surface area contributed by atoms with Crippen LogP contribution in [0.5, 0.6) is 0 Å². The van der Waals surface area contributed by atoms with Crippen LogP contribution < -0.4 is 5.32 Å². The van der Waals surface area contributed by atoms with E-state index < -0.39 is 4.92 Å². The van der Waals surface area contributed by atoms with Crippen molar-refractivity contribution < 1.29 is 9.72 Å². The van der Waals surface area contributed by atoms with Crippen LogP contribution in [0.25, 0.3) is 11.3 Å². The average molecular weight is 328 g/mol. The van der Waals surface area contributed by atoms with Gasteiger partial charge in [0.05, 0.1) is 17.2 Å². The number of rotatable bonds is 6. The molecule has 1 fully saturated rings. The van der Waals surface area contributed by atoms with E-state index in [9.17, 15) is 14.9 Å². The Morgan fingerprint density at radius 2 is 2.00 bits per heavy atom. The molecule has 1 aromatic heterocycles. The zero-order valence-electron chi connectivity index (χ0n) is 13.3. The lowest BCUT2D eigenvalue weighted by atomic mass is 10.0. The van der Waals surface area contributed by atoms with Crippen molar-refractivity contribution in [3.05, 3.63) is 46.4 Å². The van der Waals surface area contributed by atoms with Crippen LogP contribution >= 0.6 is 0 Å². The van der Waals surface area contributed by atoms with Gasteiger partial charge in [-0.3, -0.25) is 14.9 Å².